The van der Waals surface area contributed by atoms with Crippen LogP contribution in [-0.4, -0.2) is 23.9 Å². The van der Waals surface area contributed by atoms with Gasteiger partial charge in [0.15, 0.2) is 0 Å². The summed E-state index contributed by atoms with van der Waals surface area (Å²) in [4.78, 5) is 20.1. The van der Waals surface area contributed by atoms with E-state index < -0.39 is 21.9 Å². The van der Waals surface area contributed by atoms with Crippen molar-refractivity contribution in [2.45, 2.75) is 49.1 Å². The Labute approximate surface area is 233 Å². The molecule has 2 aliphatic carbocycles. The van der Waals surface area contributed by atoms with Crippen LogP contribution in [0.4, 0.5) is 10.1 Å². The zero-order chi connectivity index (χ0) is 27.9. The molecular formula is C31H31FN4O3S. The first-order valence-corrected chi connectivity index (χ1v) is 15.0. The first-order valence-electron chi connectivity index (χ1n) is 13.5. The zero-order valence-corrected chi connectivity index (χ0v) is 23.0. The molecule has 3 atom stereocenters. The Hall–Kier alpha value is -3.82. The highest BCUT2D eigenvalue weighted by atomic mass is 32.2. The van der Waals surface area contributed by atoms with Crippen LogP contribution < -0.4 is 9.62 Å². The minimum atomic E-state index is -3.95. The number of imidazole rings is 1. The summed E-state index contributed by atoms with van der Waals surface area (Å²) in [6, 6.07) is 20.5. The fourth-order valence-electron chi connectivity index (χ4n) is 5.69. The van der Waals surface area contributed by atoms with E-state index in [-0.39, 0.29) is 22.6 Å². The number of aromatic nitrogens is 2. The molecule has 3 aromatic carbocycles. The maximum absolute atomic E-state index is 14.0. The number of aryl methyl sites for hydroxylation is 2. The number of nitrogens with zero attached hydrogens (tertiary/aromatic N) is 3. The number of amides is 1. The molecule has 6 rings (SSSR count). The summed E-state index contributed by atoms with van der Waals surface area (Å²) in [6.45, 7) is 0.304. The Bertz CT molecular complexity index is 1650. The normalized spacial score (nSPS) is 20.1. The average Bonchev–Trinajstić information content (AvgIpc) is 3.66. The molecule has 0 radical (unpaired) electrons. The molecule has 4 aromatic rings. The predicted molar refractivity (Wildman–Crippen MR) is 151 cm³/mol. The minimum Gasteiger partial charge on any atom is -0.337 e. The van der Waals surface area contributed by atoms with E-state index in [1.54, 1.807) is 11.1 Å². The van der Waals surface area contributed by atoms with Crippen molar-refractivity contribution in [1.82, 2.24) is 14.3 Å². The summed E-state index contributed by atoms with van der Waals surface area (Å²) in [5.41, 5.74) is 3.76. The summed E-state index contributed by atoms with van der Waals surface area (Å²) in [7, 11) is -2.04. The van der Waals surface area contributed by atoms with Crippen molar-refractivity contribution in [2.75, 3.05) is 4.90 Å². The molecule has 0 spiro atoms. The lowest BCUT2D eigenvalue weighted by Crippen LogP contribution is -2.34. The number of sulfonamides is 1. The third-order valence-corrected chi connectivity index (χ3v) is 9.45. The lowest BCUT2D eigenvalue weighted by molar-refractivity contribution is -0.120. The number of fused-ring (bicyclic) bond motifs is 1. The van der Waals surface area contributed by atoms with Crippen LogP contribution in [0.5, 0.6) is 0 Å². The largest absolute Gasteiger partial charge is 0.337 e. The number of anilines is 1. The van der Waals surface area contributed by atoms with Gasteiger partial charge >= 0.3 is 0 Å². The Morgan fingerprint density at radius 1 is 1.10 bits per heavy atom. The number of nitrogens with one attached hydrogen (secondary N) is 1. The first kappa shape index (κ1) is 26.4. The molecule has 40 heavy (non-hydrogen) atoms. The fourth-order valence-corrected chi connectivity index (χ4v) is 6.97. The lowest BCUT2D eigenvalue weighted by Gasteiger charge is -2.29. The van der Waals surface area contributed by atoms with Gasteiger partial charge in [-0.2, -0.15) is 0 Å². The van der Waals surface area contributed by atoms with Gasteiger partial charge < -0.3 is 9.47 Å². The minimum absolute atomic E-state index is 0.0319. The highest BCUT2D eigenvalue weighted by molar-refractivity contribution is 7.89. The van der Waals surface area contributed by atoms with Gasteiger partial charge in [-0.05, 0) is 78.6 Å². The number of hydrogen-bond donors (Lipinski definition) is 1. The monoisotopic (exact) mass is 558 g/mol. The summed E-state index contributed by atoms with van der Waals surface area (Å²) in [6.07, 6.45) is 6.61. The summed E-state index contributed by atoms with van der Waals surface area (Å²) in [5, 5.41) is 0. The number of carbonyl (C=O) groups excluding carboxylic acids is 1. The number of hydrogen-bond acceptors (Lipinski definition) is 4. The van der Waals surface area contributed by atoms with Gasteiger partial charge in [-0.25, -0.2) is 22.5 Å². The second kappa shape index (κ2) is 10.6. The molecule has 206 valence electrons. The Kier molecular flexibility index (Phi) is 7.02. The second-order valence-electron chi connectivity index (χ2n) is 10.6. The third-order valence-electron chi connectivity index (χ3n) is 7.98. The van der Waals surface area contributed by atoms with Crippen LogP contribution in [0.25, 0.3) is 0 Å². The molecule has 0 aliphatic heterocycles. The van der Waals surface area contributed by atoms with Gasteiger partial charge in [0.25, 0.3) is 0 Å². The summed E-state index contributed by atoms with van der Waals surface area (Å²) < 4.78 is 44.8. The van der Waals surface area contributed by atoms with Gasteiger partial charge in [0.05, 0.1) is 11.4 Å². The van der Waals surface area contributed by atoms with E-state index in [2.05, 4.69) is 21.8 Å². The average molecular weight is 559 g/mol. The van der Waals surface area contributed by atoms with Crippen molar-refractivity contribution in [3.8, 4) is 0 Å². The molecule has 9 heteroatoms. The van der Waals surface area contributed by atoms with Gasteiger partial charge in [0.1, 0.15) is 11.6 Å². The van der Waals surface area contributed by atoms with E-state index in [0.717, 1.165) is 47.8 Å². The molecule has 1 saturated carbocycles. The number of halogens is 1. The van der Waals surface area contributed by atoms with E-state index in [9.17, 15) is 17.6 Å². The maximum Gasteiger partial charge on any atom is 0.241 e. The standard InChI is InChI=1S/C31H31FN4O3S/c1-35-16-15-33-30(35)20-36(31(37)28-19-26(28)21-7-3-2-4-8-21)24-14-13-22-9-5-12-29(27(22)18-24)34-40(38,39)25-11-6-10-23(32)17-25/h2-4,6-8,10-11,13-18,26,28-29,34H,5,9,12,19-20H2,1H3/t26-,28+,29-/m1/s1. The molecule has 2 aliphatic rings. The van der Waals surface area contributed by atoms with Crippen LogP contribution in [0.1, 0.15) is 53.7 Å². The van der Waals surface area contributed by atoms with Crippen LogP contribution in [-0.2, 0) is 34.8 Å². The first-order chi connectivity index (χ1) is 19.3. The van der Waals surface area contributed by atoms with Gasteiger partial charge in [0, 0.05) is 37.1 Å². The topological polar surface area (TPSA) is 84.3 Å². The van der Waals surface area contributed by atoms with Crippen LogP contribution >= 0.6 is 0 Å². The van der Waals surface area contributed by atoms with Crippen LogP contribution in [0.2, 0.25) is 0 Å². The molecule has 1 fully saturated rings. The summed E-state index contributed by atoms with van der Waals surface area (Å²) in [5.74, 6) is 0.240. The van der Waals surface area contributed by atoms with Crippen LogP contribution in [0.3, 0.4) is 0 Å². The Balaban J connectivity index is 1.32. The fraction of sp³-hybridized carbons (Fsp3) is 0.290. The van der Waals surface area contributed by atoms with Gasteiger partial charge in [0.2, 0.25) is 15.9 Å². The number of rotatable bonds is 8. The molecule has 0 unspecified atom stereocenters. The van der Waals surface area contributed by atoms with E-state index in [0.29, 0.717) is 18.7 Å². The van der Waals surface area contributed by atoms with Crippen LogP contribution in [0, 0.1) is 11.7 Å². The highest BCUT2D eigenvalue weighted by Crippen LogP contribution is 2.49. The molecule has 1 N–H and O–H groups in total. The van der Waals surface area contributed by atoms with Crippen molar-refractivity contribution in [2.24, 2.45) is 13.0 Å². The maximum atomic E-state index is 14.0. The van der Waals surface area contributed by atoms with E-state index >= 15 is 0 Å². The molecule has 1 heterocycles. The van der Waals surface area contributed by atoms with E-state index in [1.165, 1.54) is 18.2 Å². The smallest absolute Gasteiger partial charge is 0.241 e. The van der Waals surface area contributed by atoms with Crippen molar-refractivity contribution in [3.05, 3.63) is 114 Å². The Morgan fingerprint density at radius 3 is 2.67 bits per heavy atom. The highest BCUT2D eigenvalue weighted by Gasteiger charge is 2.46. The molecular weight excluding hydrogens is 527 g/mol. The number of carbonyl (C=O) groups is 1. The van der Waals surface area contributed by atoms with Crippen molar-refractivity contribution in [1.29, 1.82) is 0 Å². The lowest BCUT2D eigenvalue weighted by atomic mass is 9.87. The van der Waals surface area contributed by atoms with E-state index in [1.807, 2.05) is 54.2 Å². The van der Waals surface area contributed by atoms with Gasteiger partial charge in [-0.3, -0.25) is 4.79 Å². The quantitative estimate of drug-likeness (QED) is 0.320. The van der Waals surface area contributed by atoms with Crippen molar-refractivity contribution in [3.63, 3.8) is 0 Å². The van der Waals surface area contributed by atoms with E-state index in [4.69, 9.17) is 0 Å². The third kappa shape index (κ3) is 5.31. The molecule has 0 saturated heterocycles. The van der Waals surface area contributed by atoms with Crippen molar-refractivity contribution >= 4 is 21.6 Å². The molecule has 7 nitrogen and oxygen atoms in total. The predicted octanol–water partition coefficient (Wildman–Crippen LogP) is 5.25. The molecule has 1 amide bonds. The van der Waals surface area contributed by atoms with Crippen LogP contribution in [0.15, 0.2) is 90.1 Å². The summed E-state index contributed by atoms with van der Waals surface area (Å²) >= 11 is 0. The van der Waals surface area contributed by atoms with Gasteiger partial charge in [-0.1, -0.05) is 42.5 Å². The SMILES string of the molecule is Cn1ccnc1CN(C(=O)[C@H]1C[C@@H]1c1ccccc1)c1ccc2c(c1)[C@H](NS(=O)(=O)c1cccc(F)c1)CCC2. The van der Waals surface area contributed by atoms with Gasteiger partial charge in [-0.15, -0.1) is 0 Å². The number of benzene rings is 3. The molecule has 0 bridgehead atoms. The van der Waals surface area contributed by atoms with Crippen molar-refractivity contribution < 1.29 is 17.6 Å². The Morgan fingerprint density at radius 2 is 1.93 bits per heavy atom. The zero-order valence-electron chi connectivity index (χ0n) is 22.2. The second-order valence-corrected chi connectivity index (χ2v) is 12.4. The molecule has 1 aromatic heterocycles.